The molecule has 0 radical (unpaired) electrons. The van der Waals surface area contributed by atoms with Crippen molar-refractivity contribution in [3.05, 3.63) is 66.0 Å². The maximum atomic E-state index is 13.4. The molecule has 0 aliphatic carbocycles. The lowest BCUT2D eigenvalue weighted by atomic mass is 10.2. The fraction of sp³-hybridized carbons (Fsp3) is 0.118. The molecule has 1 aromatic carbocycles. The fourth-order valence-corrected chi connectivity index (χ4v) is 1.85. The van der Waals surface area contributed by atoms with Crippen molar-refractivity contribution >= 4 is 23.6 Å². The minimum atomic E-state index is -0.754. The van der Waals surface area contributed by atoms with Crippen molar-refractivity contribution in [2.75, 3.05) is 11.9 Å². The number of hydrogen-bond acceptors (Lipinski definition) is 3. The molecule has 0 saturated heterocycles. The Morgan fingerprint density at radius 3 is 2.42 bits per heavy atom. The summed E-state index contributed by atoms with van der Waals surface area (Å²) < 4.78 is 26.8. The van der Waals surface area contributed by atoms with Gasteiger partial charge in [-0.3, -0.25) is 14.6 Å². The van der Waals surface area contributed by atoms with Gasteiger partial charge in [-0.15, -0.1) is 0 Å². The van der Waals surface area contributed by atoms with Gasteiger partial charge in [0.05, 0.1) is 0 Å². The number of hydrogen-bond donors (Lipinski definition) is 2. The van der Waals surface area contributed by atoms with E-state index in [1.54, 1.807) is 24.5 Å². The Balaban J connectivity index is 1.77. The lowest BCUT2D eigenvalue weighted by Crippen LogP contribution is -2.26. The molecule has 1 aromatic heterocycles. The summed E-state index contributed by atoms with van der Waals surface area (Å²) in [6.07, 6.45) is 5.23. The van der Waals surface area contributed by atoms with Gasteiger partial charge >= 0.3 is 0 Å². The molecule has 1 heterocycles. The van der Waals surface area contributed by atoms with Gasteiger partial charge in [0.1, 0.15) is 11.6 Å². The zero-order valence-corrected chi connectivity index (χ0v) is 12.6. The number of nitrogens with zero attached hydrogens (tertiary/aromatic N) is 1. The van der Waals surface area contributed by atoms with Gasteiger partial charge in [-0.25, -0.2) is 8.78 Å². The van der Waals surface area contributed by atoms with E-state index < -0.39 is 17.5 Å². The van der Waals surface area contributed by atoms with Crippen LogP contribution < -0.4 is 10.6 Å². The maximum absolute atomic E-state index is 13.4. The number of rotatable bonds is 6. The Labute approximate surface area is 137 Å². The standard InChI is InChI=1S/C17H15F2N3O2/c18-14-2-1-3-15(19)13(14)4-5-16(23)21-11-8-17(24)22-12-6-9-20-10-7-12/h1-7,9-10H,8,11H2,(H,21,23)(H,20,22,24). The fourth-order valence-electron chi connectivity index (χ4n) is 1.85. The van der Waals surface area contributed by atoms with Gasteiger partial charge in [-0.05, 0) is 30.3 Å². The van der Waals surface area contributed by atoms with E-state index in [1.165, 1.54) is 6.07 Å². The number of benzene rings is 1. The second-order valence-electron chi connectivity index (χ2n) is 4.79. The van der Waals surface area contributed by atoms with Crippen LogP contribution in [0.5, 0.6) is 0 Å². The molecule has 0 unspecified atom stereocenters. The molecule has 2 N–H and O–H groups in total. The first kappa shape index (κ1) is 17.3. The molecule has 0 saturated carbocycles. The molecular weight excluding hydrogens is 316 g/mol. The minimum Gasteiger partial charge on any atom is -0.352 e. The van der Waals surface area contributed by atoms with Gasteiger partial charge in [0.25, 0.3) is 0 Å². The highest BCUT2D eigenvalue weighted by Gasteiger charge is 2.06. The predicted octanol–water partition coefficient (Wildman–Crippen LogP) is 2.52. The van der Waals surface area contributed by atoms with Gasteiger partial charge < -0.3 is 10.6 Å². The van der Waals surface area contributed by atoms with Gasteiger partial charge in [0, 0.05) is 42.7 Å². The number of carbonyl (C=O) groups excluding carboxylic acids is 2. The molecule has 2 amide bonds. The van der Waals surface area contributed by atoms with E-state index in [4.69, 9.17) is 0 Å². The molecule has 24 heavy (non-hydrogen) atoms. The summed E-state index contributed by atoms with van der Waals surface area (Å²) in [5.74, 6) is -2.33. The Bertz CT molecular complexity index is 729. The van der Waals surface area contributed by atoms with Gasteiger partial charge in [-0.1, -0.05) is 6.07 Å². The average molecular weight is 331 g/mol. The summed E-state index contributed by atoms with van der Waals surface area (Å²) in [6.45, 7) is 0.0971. The lowest BCUT2D eigenvalue weighted by Gasteiger charge is -2.05. The van der Waals surface area contributed by atoms with Crippen molar-refractivity contribution in [2.24, 2.45) is 0 Å². The maximum Gasteiger partial charge on any atom is 0.244 e. The van der Waals surface area contributed by atoms with Crippen LogP contribution in [0, 0.1) is 11.6 Å². The quantitative estimate of drug-likeness (QED) is 0.799. The number of nitrogens with one attached hydrogen (secondary N) is 2. The molecule has 7 heteroatoms. The first-order valence-electron chi connectivity index (χ1n) is 7.16. The number of carbonyl (C=O) groups is 2. The Hall–Kier alpha value is -3.09. The van der Waals surface area contributed by atoms with Crippen molar-refractivity contribution in [2.45, 2.75) is 6.42 Å². The molecule has 2 aromatic rings. The molecule has 0 atom stereocenters. The first-order chi connectivity index (χ1) is 11.6. The van der Waals surface area contributed by atoms with Crippen molar-refractivity contribution in [1.29, 1.82) is 0 Å². The third-order valence-corrected chi connectivity index (χ3v) is 3.02. The van der Waals surface area contributed by atoms with Crippen LogP contribution in [0.25, 0.3) is 6.08 Å². The molecule has 2 rings (SSSR count). The highest BCUT2D eigenvalue weighted by molar-refractivity contribution is 5.93. The Kier molecular flexibility index (Phi) is 6.13. The zero-order chi connectivity index (χ0) is 17.4. The van der Waals surface area contributed by atoms with Crippen LogP contribution in [0.2, 0.25) is 0 Å². The second kappa shape index (κ2) is 8.52. The largest absolute Gasteiger partial charge is 0.352 e. The van der Waals surface area contributed by atoms with Crippen molar-refractivity contribution < 1.29 is 18.4 Å². The monoisotopic (exact) mass is 331 g/mol. The van der Waals surface area contributed by atoms with E-state index in [0.29, 0.717) is 5.69 Å². The number of halogens is 2. The second-order valence-corrected chi connectivity index (χ2v) is 4.79. The van der Waals surface area contributed by atoms with E-state index in [-0.39, 0.29) is 24.4 Å². The van der Waals surface area contributed by atoms with Crippen LogP contribution in [-0.4, -0.2) is 23.3 Å². The molecule has 0 spiro atoms. The number of amides is 2. The zero-order valence-electron chi connectivity index (χ0n) is 12.6. The van der Waals surface area contributed by atoms with Crippen molar-refractivity contribution in [3.8, 4) is 0 Å². The van der Waals surface area contributed by atoms with E-state index in [9.17, 15) is 18.4 Å². The van der Waals surface area contributed by atoms with Crippen LogP contribution in [0.1, 0.15) is 12.0 Å². The summed E-state index contributed by atoms with van der Waals surface area (Å²) in [4.78, 5) is 27.1. The van der Waals surface area contributed by atoms with Crippen LogP contribution >= 0.6 is 0 Å². The highest BCUT2D eigenvalue weighted by atomic mass is 19.1. The number of pyridine rings is 1. The predicted molar refractivity (Wildman–Crippen MR) is 85.9 cm³/mol. The summed E-state index contributed by atoms with van der Waals surface area (Å²) in [6, 6.07) is 6.72. The third kappa shape index (κ3) is 5.28. The van der Waals surface area contributed by atoms with Crippen molar-refractivity contribution in [1.82, 2.24) is 10.3 Å². The van der Waals surface area contributed by atoms with Gasteiger partial charge in [0.2, 0.25) is 11.8 Å². The van der Waals surface area contributed by atoms with E-state index in [2.05, 4.69) is 15.6 Å². The molecular formula is C17H15F2N3O2. The molecule has 0 aliphatic rings. The molecule has 0 fully saturated rings. The SMILES string of the molecule is O=C(C=Cc1c(F)cccc1F)NCCC(=O)Nc1ccncc1. The third-order valence-electron chi connectivity index (χ3n) is 3.02. The Morgan fingerprint density at radius 1 is 1.08 bits per heavy atom. The van der Waals surface area contributed by atoms with Crippen molar-refractivity contribution in [3.63, 3.8) is 0 Å². The molecule has 0 aliphatic heterocycles. The van der Waals surface area contributed by atoms with Crippen LogP contribution in [0.4, 0.5) is 14.5 Å². The number of aromatic nitrogens is 1. The van der Waals surface area contributed by atoms with E-state index in [0.717, 1.165) is 24.3 Å². The minimum absolute atomic E-state index is 0.0654. The highest BCUT2D eigenvalue weighted by Crippen LogP contribution is 2.13. The number of anilines is 1. The van der Waals surface area contributed by atoms with E-state index in [1.807, 2.05) is 0 Å². The topological polar surface area (TPSA) is 71.1 Å². The summed E-state index contributed by atoms with van der Waals surface area (Å²) in [7, 11) is 0. The molecule has 0 bridgehead atoms. The smallest absolute Gasteiger partial charge is 0.244 e. The average Bonchev–Trinajstić information content (AvgIpc) is 2.55. The normalized spacial score (nSPS) is 10.6. The van der Waals surface area contributed by atoms with Crippen LogP contribution in [0.3, 0.4) is 0 Å². The first-order valence-corrected chi connectivity index (χ1v) is 7.16. The van der Waals surface area contributed by atoms with Crippen LogP contribution in [-0.2, 0) is 9.59 Å². The van der Waals surface area contributed by atoms with Gasteiger partial charge in [-0.2, -0.15) is 0 Å². The lowest BCUT2D eigenvalue weighted by molar-refractivity contribution is -0.117. The molecule has 5 nitrogen and oxygen atoms in total. The summed E-state index contributed by atoms with van der Waals surface area (Å²) >= 11 is 0. The van der Waals surface area contributed by atoms with Gasteiger partial charge in [0.15, 0.2) is 0 Å². The van der Waals surface area contributed by atoms with Crippen LogP contribution in [0.15, 0.2) is 48.8 Å². The summed E-state index contributed by atoms with van der Waals surface area (Å²) in [5, 5.41) is 5.11. The molecule has 124 valence electrons. The van der Waals surface area contributed by atoms with E-state index >= 15 is 0 Å². The summed E-state index contributed by atoms with van der Waals surface area (Å²) in [5.41, 5.74) is 0.319. The Morgan fingerprint density at radius 2 is 1.75 bits per heavy atom.